The summed E-state index contributed by atoms with van der Waals surface area (Å²) in [5.74, 6) is 1.97. The SMILES string of the molecule is CCOC(=O)c1cc(C23CC4CC(CC(C4)C2)C3)[nH]c(=S)c1C#N. The lowest BCUT2D eigenvalue weighted by molar-refractivity contribution is -0.00729. The van der Waals surface area contributed by atoms with E-state index in [0.717, 1.165) is 23.4 Å². The van der Waals surface area contributed by atoms with Crippen molar-refractivity contribution in [3.63, 3.8) is 0 Å². The van der Waals surface area contributed by atoms with Crippen LogP contribution in [0.2, 0.25) is 0 Å². The molecule has 5 heteroatoms. The van der Waals surface area contributed by atoms with Gasteiger partial charge in [-0.15, -0.1) is 0 Å². The monoisotopic (exact) mass is 342 g/mol. The Morgan fingerprint density at radius 1 is 1.33 bits per heavy atom. The second-order valence-corrected chi connectivity index (χ2v) is 8.24. The Hall–Kier alpha value is -1.67. The van der Waals surface area contributed by atoms with Gasteiger partial charge >= 0.3 is 5.97 Å². The van der Waals surface area contributed by atoms with E-state index in [4.69, 9.17) is 17.0 Å². The number of carbonyl (C=O) groups is 1. The molecule has 1 aromatic heterocycles. The van der Waals surface area contributed by atoms with Crippen LogP contribution in [0.25, 0.3) is 0 Å². The smallest absolute Gasteiger partial charge is 0.339 e. The Morgan fingerprint density at radius 2 is 1.92 bits per heavy atom. The lowest BCUT2D eigenvalue weighted by Gasteiger charge is -2.56. The number of hydrogen-bond acceptors (Lipinski definition) is 4. The number of H-pyrrole nitrogens is 1. The first kappa shape index (κ1) is 15.8. The van der Waals surface area contributed by atoms with Crippen LogP contribution >= 0.6 is 12.2 Å². The van der Waals surface area contributed by atoms with E-state index < -0.39 is 5.97 Å². The van der Waals surface area contributed by atoms with Crippen LogP contribution in [0.3, 0.4) is 0 Å². The lowest BCUT2D eigenvalue weighted by atomic mass is 9.48. The highest BCUT2D eigenvalue weighted by Gasteiger charge is 2.52. The predicted molar refractivity (Wildman–Crippen MR) is 92.1 cm³/mol. The number of rotatable bonds is 3. The van der Waals surface area contributed by atoms with Gasteiger partial charge in [0, 0.05) is 11.1 Å². The van der Waals surface area contributed by atoms with E-state index >= 15 is 0 Å². The van der Waals surface area contributed by atoms with Crippen molar-refractivity contribution in [1.82, 2.24) is 4.98 Å². The number of nitrogens with one attached hydrogen (secondary N) is 1. The molecule has 5 rings (SSSR count). The zero-order chi connectivity index (χ0) is 16.9. The first-order chi connectivity index (χ1) is 11.5. The molecule has 0 atom stereocenters. The van der Waals surface area contributed by atoms with Gasteiger partial charge in [0.2, 0.25) is 0 Å². The zero-order valence-electron chi connectivity index (χ0n) is 13.9. The second kappa shape index (κ2) is 5.70. The summed E-state index contributed by atoms with van der Waals surface area (Å²) >= 11 is 5.40. The largest absolute Gasteiger partial charge is 0.462 e. The van der Waals surface area contributed by atoms with E-state index in [1.807, 2.05) is 6.07 Å². The molecule has 4 fully saturated rings. The van der Waals surface area contributed by atoms with Crippen molar-refractivity contribution in [3.8, 4) is 6.07 Å². The third kappa shape index (κ3) is 2.39. The van der Waals surface area contributed by atoms with Gasteiger partial charge in [-0.25, -0.2) is 4.79 Å². The maximum atomic E-state index is 12.3. The van der Waals surface area contributed by atoms with Crippen LogP contribution in [-0.4, -0.2) is 17.6 Å². The first-order valence-corrected chi connectivity index (χ1v) is 9.30. The number of nitrogens with zero attached hydrogens (tertiary/aromatic N) is 1. The van der Waals surface area contributed by atoms with Gasteiger partial charge in [-0.2, -0.15) is 5.26 Å². The highest BCUT2D eigenvalue weighted by molar-refractivity contribution is 7.71. The summed E-state index contributed by atoms with van der Waals surface area (Å²) in [7, 11) is 0. The molecule has 0 amide bonds. The molecule has 0 aliphatic heterocycles. The molecule has 4 bridgehead atoms. The molecule has 126 valence electrons. The summed E-state index contributed by atoms with van der Waals surface area (Å²) in [6.45, 7) is 2.06. The molecule has 1 aromatic rings. The normalized spacial score (nSPS) is 33.2. The lowest BCUT2D eigenvalue weighted by Crippen LogP contribution is -2.49. The topological polar surface area (TPSA) is 65.9 Å². The van der Waals surface area contributed by atoms with Crippen LogP contribution in [0.15, 0.2) is 6.07 Å². The minimum atomic E-state index is -0.444. The summed E-state index contributed by atoms with van der Waals surface area (Å²) in [5, 5.41) is 9.40. The number of esters is 1. The molecule has 1 heterocycles. The average molecular weight is 342 g/mol. The van der Waals surface area contributed by atoms with Crippen LogP contribution in [0.5, 0.6) is 0 Å². The summed E-state index contributed by atoms with van der Waals surface area (Å²) in [6, 6.07) is 3.93. The van der Waals surface area contributed by atoms with Crippen molar-refractivity contribution in [3.05, 3.63) is 27.5 Å². The molecule has 0 unspecified atom stereocenters. The maximum Gasteiger partial charge on any atom is 0.339 e. The Morgan fingerprint density at radius 3 is 2.42 bits per heavy atom. The fraction of sp³-hybridized carbons (Fsp3) is 0.632. The molecule has 0 saturated heterocycles. The van der Waals surface area contributed by atoms with Crippen LogP contribution in [0.4, 0.5) is 0 Å². The quantitative estimate of drug-likeness (QED) is 0.658. The molecular weight excluding hydrogens is 320 g/mol. The van der Waals surface area contributed by atoms with Gasteiger partial charge in [0.15, 0.2) is 0 Å². The number of nitriles is 1. The molecule has 1 N–H and O–H groups in total. The Bertz CT molecular complexity index is 754. The van der Waals surface area contributed by atoms with Crippen LogP contribution in [-0.2, 0) is 10.2 Å². The highest BCUT2D eigenvalue weighted by Crippen LogP contribution is 2.60. The van der Waals surface area contributed by atoms with Crippen molar-refractivity contribution in [2.75, 3.05) is 6.61 Å². The number of ether oxygens (including phenoxy) is 1. The fourth-order valence-electron chi connectivity index (χ4n) is 5.77. The van der Waals surface area contributed by atoms with Crippen molar-refractivity contribution in [2.45, 2.75) is 50.9 Å². The number of aromatic amines is 1. The third-order valence-corrected chi connectivity index (χ3v) is 6.56. The van der Waals surface area contributed by atoms with E-state index in [-0.39, 0.29) is 11.0 Å². The van der Waals surface area contributed by atoms with Crippen molar-refractivity contribution in [2.24, 2.45) is 17.8 Å². The van der Waals surface area contributed by atoms with Gasteiger partial charge in [0.25, 0.3) is 0 Å². The molecule has 0 aromatic carbocycles. The van der Waals surface area contributed by atoms with Gasteiger partial charge in [-0.05, 0) is 69.3 Å². The summed E-state index contributed by atoms with van der Waals surface area (Å²) < 4.78 is 5.52. The molecule has 4 aliphatic carbocycles. The van der Waals surface area contributed by atoms with Crippen molar-refractivity contribution >= 4 is 18.2 Å². The molecule has 4 saturated carbocycles. The number of hydrogen-bond donors (Lipinski definition) is 1. The maximum absolute atomic E-state index is 12.3. The van der Waals surface area contributed by atoms with Gasteiger partial charge in [-0.1, -0.05) is 12.2 Å². The standard InChI is InChI=1S/C19H22N2O2S/c1-2-23-18(22)14-6-16(21-17(24)15(14)10-20)19-7-11-3-12(8-19)5-13(4-11)9-19/h6,11-13H,2-5,7-9H2,1H3,(H,21,24). The molecule has 0 radical (unpaired) electrons. The van der Waals surface area contributed by atoms with Crippen LogP contribution in [0, 0.1) is 33.7 Å². The molecule has 0 spiro atoms. The van der Waals surface area contributed by atoms with Crippen LogP contribution in [0.1, 0.15) is 67.1 Å². The predicted octanol–water partition coefficient (Wildman–Crippen LogP) is 4.26. The Labute approximate surface area is 147 Å². The molecule has 24 heavy (non-hydrogen) atoms. The molecule has 4 aliphatic rings. The number of pyridine rings is 1. The van der Waals surface area contributed by atoms with Gasteiger partial charge in [-0.3, -0.25) is 0 Å². The first-order valence-electron chi connectivity index (χ1n) is 8.89. The third-order valence-electron chi connectivity index (χ3n) is 6.25. The van der Waals surface area contributed by atoms with Crippen molar-refractivity contribution < 1.29 is 9.53 Å². The fourth-order valence-corrected chi connectivity index (χ4v) is 6.03. The minimum absolute atomic E-state index is 0.109. The molecule has 4 nitrogen and oxygen atoms in total. The summed E-state index contributed by atoms with van der Waals surface area (Å²) in [5.41, 5.74) is 1.72. The number of carbonyl (C=O) groups excluding carboxylic acids is 1. The van der Waals surface area contributed by atoms with E-state index in [9.17, 15) is 10.1 Å². The van der Waals surface area contributed by atoms with Gasteiger partial charge < -0.3 is 9.72 Å². The average Bonchev–Trinajstić information content (AvgIpc) is 2.53. The minimum Gasteiger partial charge on any atom is -0.462 e. The highest BCUT2D eigenvalue weighted by atomic mass is 32.1. The molecular formula is C19H22N2O2S. The summed E-state index contributed by atoms with van der Waals surface area (Å²) in [4.78, 5) is 15.6. The van der Waals surface area contributed by atoms with E-state index in [1.54, 1.807) is 6.92 Å². The van der Waals surface area contributed by atoms with Gasteiger partial charge in [0.1, 0.15) is 16.3 Å². The van der Waals surface area contributed by atoms with E-state index in [1.165, 1.54) is 38.5 Å². The van der Waals surface area contributed by atoms with Gasteiger partial charge in [0.05, 0.1) is 12.2 Å². The Balaban J connectivity index is 1.80. The summed E-state index contributed by atoms with van der Waals surface area (Å²) in [6.07, 6.45) is 7.62. The van der Waals surface area contributed by atoms with Crippen LogP contribution < -0.4 is 0 Å². The Kier molecular flexibility index (Phi) is 3.76. The van der Waals surface area contributed by atoms with E-state index in [2.05, 4.69) is 11.1 Å². The van der Waals surface area contributed by atoms with Crippen molar-refractivity contribution in [1.29, 1.82) is 5.26 Å². The number of aromatic nitrogens is 1. The van der Waals surface area contributed by atoms with E-state index in [0.29, 0.717) is 16.8 Å². The zero-order valence-corrected chi connectivity index (χ0v) is 14.7. The second-order valence-electron chi connectivity index (χ2n) is 7.83.